The van der Waals surface area contributed by atoms with Crippen molar-refractivity contribution in [2.24, 2.45) is 0 Å². The first-order valence-electron chi connectivity index (χ1n) is 12.7. The van der Waals surface area contributed by atoms with Crippen LogP contribution in [0.25, 0.3) is 22.2 Å². The number of nitrogens with one attached hydrogen (secondary N) is 2. The van der Waals surface area contributed by atoms with Crippen LogP contribution in [0.2, 0.25) is 0 Å². The maximum atomic E-state index is 15.3. The molecule has 1 aromatic carbocycles. The standard InChI is InChI=1S/C29H28F2N4O2/c1-2-3-4-5-6-17-7-11-23(30)25(26(17)31)27(36)22-16-34-28-21(22)13-19(15-33-28)18-8-12-24(32-14-18)29(37)35-20-9-10-20/h7-8,11-16,20H,2-6,9-10H2,1H3,(H,33,34)(H,35,37). The van der Waals surface area contributed by atoms with Crippen LogP contribution < -0.4 is 5.32 Å². The maximum absolute atomic E-state index is 15.3. The lowest BCUT2D eigenvalue weighted by Crippen LogP contribution is -2.26. The number of hydrogen-bond donors (Lipinski definition) is 2. The first kappa shape index (κ1) is 24.7. The van der Waals surface area contributed by atoms with Crippen molar-refractivity contribution >= 4 is 22.7 Å². The molecule has 2 N–H and O–H groups in total. The monoisotopic (exact) mass is 502 g/mol. The molecule has 0 saturated heterocycles. The van der Waals surface area contributed by atoms with Gasteiger partial charge in [0.1, 0.15) is 23.0 Å². The van der Waals surface area contributed by atoms with Crippen molar-refractivity contribution < 1.29 is 18.4 Å². The fourth-order valence-electron chi connectivity index (χ4n) is 4.41. The summed E-state index contributed by atoms with van der Waals surface area (Å²) in [6, 6.07) is 7.95. The molecule has 1 saturated carbocycles. The highest BCUT2D eigenvalue weighted by Crippen LogP contribution is 2.29. The van der Waals surface area contributed by atoms with Gasteiger partial charge in [-0.25, -0.2) is 13.8 Å². The van der Waals surface area contributed by atoms with E-state index >= 15 is 4.39 Å². The largest absolute Gasteiger partial charge is 0.348 e. The molecule has 190 valence electrons. The summed E-state index contributed by atoms with van der Waals surface area (Å²) in [6.07, 6.45) is 10.9. The molecule has 0 aliphatic heterocycles. The summed E-state index contributed by atoms with van der Waals surface area (Å²) in [5.41, 5.74) is 2.04. The minimum absolute atomic E-state index is 0.138. The van der Waals surface area contributed by atoms with Gasteiger partial charge < -0.3 is 10.3 Å². The highest BCUT2D eigenvalue weighted by Gasteiger charge is 2.25. The van der Waals surface area contributed by atoms with E-state index < -0.39 is 23.0 Å². The lowest BCUT2D eigenvalue weighted by atomic mass is 9.97. The fraction of sp³-hybridized carbons (Fsp3) is 0.310. The SMILES string of the molecule is CCCCCCc1ccc(F)c(C(=O)c2c[nH]c3ncc(-c4ccc(C(=O)NC5CC5)nc4)cc23)c1F. The molecule has 0 radical (unpaired) electrons. The molecule has 1 fully saturated rings. The van der Waals surface area contributed by atoms with Crippen LogP contribution in [0.4, 0.5) is 8.78 Å². The number of rotatable bonds is 10. The number of H-pyrrole nitrogens is 1. The Morgan fingerprint density at radius 1 is 1.03 bits per heavy atom. The molecule has 3 aromatic heterocycles. The van der Waals surface area contributed by atoms with Gasteiger partial charge in [0.05, 0.1) is 5.56 Å². The molecule has 5 rings (SSSR count). The van der Waals surface area contributed by atoms with Gasteiger partial charge >= 0.3 is 0 Å². The van der Waals surface area contributed by atoms with Crippen molar-refractivity contribution in [3.8, 4) is 11.1 Å². The number of ketones is 1. The predicted molar refractivity (Wildman–Crippen MR) is 137 cm³/mol. The fourth-order valence-corrected chi connectivity index (χ4v) is 4.41. The average molecular weight is 503 g/mol. The summed E-state index contributed by atoms with van der Waals surface area (Å²) in [4.78, 5) is 37.1. The van der Waals surface area contributed by atoms with E-state index in [0.29, 0.717) is 39.8 Å². The van der Waals surface area contributed by atoms with Gasteiger partial charge in [0.15, 0.2) is 0 Å². The van der Waals surface area contributed by atoms with Crippen LogP contribution in [0.5, 0.6) is 0 Å². The molecule has 0 atom stereocenters. The summed E-state index contributed by atoms with van der Waals surface area (Å²) in [6.45, 7) is 2.09. The van der Waals surface area contributed by atoms with E-state index in [-0.39, 0.29) is 17.5 Å². The Balaban J connectivity index is 1.42. The predicted octanol–water partition coefficient (Wildman–Crippen LogP) is 6.15. The first-order valence-corrected chi connectivity index (χ1v) is 12.7. The molecular formula is C29H28F2N4O2. The van der Waals surface area contributed by atoms with Crippen molar-refractivity contribution in [1.82, 2.24) is 20.3 Å². The van der Waals surface area contributed by atoms with Crippen molar-refractivity contribution in [2.45, 2.75) is 57.9 Å². The van der Waals surface area contributed by atoms with E-state index in [0.717, 1.165) is 44.6 Å². The van der Waals surface area contributed by atoms with Gasteiger partial charge in [0, 0.05) is 46.7 Å². The molecule has 1 aliphatic carbocycles. The van der Waals surface area contributed by atoms with E-state index in [1.807, 2.05) is 0 Å². The van der Waals surface area contributed by atoms with Crippen LogP contribution >= 0.6 is 0 Å². The summed E-state index contributed by atoms with van der Waals surface area (Å²) in [5, 5.41) is 3.35. The second-order valence-electron chi connectivity index (χ2n) is 9.54. The van der Waals surface area contributed by atoms with E-state index in [1.165, 1.54) is 12.3 Å². The number of carbonyl (C=O) groups is 2. The number of aromatic nitrogens is 3. The summed E-state index contributed by atoms with van der Waals surface area (Å²) < 4.78 is 30.0. The van der Waals surface area contributed by atoms with E-state index in [4.69, 9.17) is 0 Å². The number of amides is 1. The van der Waals surface area contributed by atoms with Crippen LogP contribution in [0.3, 0.4) is 0 Å². The maximum Gasteiger partial charge on any atom is 0.270 e. The summed E-state index contributed by atoms with van der Waals surface area (Å²) >= 11 is 0. The van der Waals surface area contributed by atoms with Gasteiger partial charge in [-0.1, -0.05) is 38.3 Å². The Morgan fingerprint density at radius 3 is 2.57 bits per heavy atom. The van der Waals surface area contributed by atoms with E-state index in [1.54, 1.807) is 30.6 Å². The molecule has 4 aromatic rings. The molecule has 0 bridgehead atoms. The van der Waals surface area contributed by atoms with Crippen molar-refractivity contribution in [1.29, 1.82) is 0 Å². The van der Waals surface area contributed by atoms with Crippen LogP contribution in [0, 0.1) is 11.6 Å². The van der Waals surface area contributed by atoms with Crippen molar-refractivity contribution in [3.63, 3.8) is 0 Å². The number of aromatic amines is 1. The van der Waals surface area contributed by atoms with Gasteiger partial charge in [-0.15, -0.1) is 0 Å². The number of unbranched alkanes of at least 4 members (excludes halogenated alkanes) is 3. The van der Waals surface area contributed by atoms with Gasteiger partial charge in [0.25, 0.3) is 5.91 Å². The van der Waals surface area contributed by atoms with Crippen LogP contribution in [-0.4, -0.2) is 32.7 Å². The minimum atomic E-state index is -0.887. The third-order valence-corrected chi connectivity index (χ3v) is 6.72. The van der Waals surface area contributed by atoms with E-state index in [2.05, 4.69) is 27.2 Å². The molecule has 6 nitrogen and oxygen atoms in total. The number of benzene rings is 1. The molecule has 0 unspecified atom stereocenters. The number of aryl methyl sites for hydroxylation is 1. The summed E-state index contributed by atoms with van der Waals surface area (Å²) in [5.74, 6) is -2.63. The van der Waals surface area contributed by atoms with Gasteiger partial charge in [-0.3, -0.25) is 14.6 Å². The van der Waals surface area contributed by atoms with Gasteiger partial charge in [-0.05, 0) is 49.4 Å². The van der Waals surface area contributed by atoms with E-state index in [9.17, 15) is 14.0 Å². The highest BCUT2D eigenvalue weighted by atomic mass is 19.1. The number of fused-ring (bicyclic) bond motifs is 1. The first-order chi connectivity index (χ1) is 18.0. The molecule has 0 spiro atoms. The van der Waals surface area contributed by atoms with Gasteiger partial charge in [-0.2, -0.15) is 0 Å². The summed E-state index contributed by atoms with van der Waals surface area (Å²) in [7, 11) is 0. The van der Waals surface area contributed by atoms with Gasteiger partial charge in [0.2, 0.25) is 5.78 Å². The quantitative estimate of drug-likeness (QED) is 0.201. The van der Waals surface area contributed by atoms with Crippen LogP contribution in [0.1, 0.15) is 77.4 Å². The number of pyridine rings is 2. The Hall–Kier alpha value is -3.94. The van der Waals surface area contributed by atoms with Crippen molar-refractivity contribution in [3.05, 3.63) is 82.9 Å². The molecule has 37 heavy (non-hydrogen) atoms. The third-order valence-electron chi connectivity index (χ3n) is 6.72. The molecular weight excluding hydrogens is 474 g/mol. The number of carbonyl (C=O) groups excluding carboxylic acids is 2. The zero-order valence-electron chi connectivity index (χ0n) is 20.6. The number of hydrogen-bond acceptors (Lipinski definition) is 4. The van der Waals surface area contributed by atoms with Crippen LogP contribution in [-0.2, 0) is 6.42 Å². The number of halogens is 2. The molecule has 8 heteroatoms. The Morgan fingerprint density at radius 2 is 1.84 bits per heavy atom. The highest BCUT2D eigenvalue weighted by molar-refractivity contribution is 6.16. The van der Waals surface area contributed by atoms with Crippen molar-refractivity contribution in [2.75, 3.05) is 0 Å². The third kappa shape index (κ3) is 5.28. The zero-order valence-corrected chi connectivity index (χ0v) is 20.6. The molecule has 1 aliphatic rings. The topological polar surface area (TPSA) is 87.7 Å². The lowest BCUT2D eigenvalue weighted by molar-refractivity contribution is 0.0945. The smallest absolute Gasteiger partial charge is 0.270 e. The Kier molecular flexibility index (Phi) is 7.08. The normalized spacial score (nSPS) is 13.2. The average Bonchev–Trinajstić information content (AvgIpc) is 3.62. The zero-order chi connectivity index (χ0) is 25.9. The number of nitrogens with zero attached hydrogens (tertiary/aromatic N) is 2. The molecule has 3 heterocycles. The lowest BCUT2D eigenvalue weighted by Gasteiger charge is -2.09. The second kappa shape index (κ2) is 10.6. The Bertz CT molecular complexity index is 1460. The second-order valence-corrected chi connectivity index (χ2v) is 9.54. The van der Waals surface area contributed by atoms with Crippen LogP contribution in [0.15, 0.2) is 48.9 Å². The Labute approximate surface area is 213 Å². The molecule has 1 amide bonds. The minimum Gasteiger partial charge on any atom is -0.348 e.